The van der Waals surface area contributed by atoms with Gasteiger partial charge in [0.2, 0.25) is 5.91 Å². The highest BCUT2D eigenvalue weighted by atomic mass is 32.2. The van der Waals surface area contributed by atoms with Crippen molar-refractivity contribution >= 4 is 17.7 Å². The zero-order chi connectivity index (χ0) is 13.0. The lowest BCUT2D eigenvalue weighted by Crippen LogP contribution is -2.44. The van der Waals surface area contributed by atoms with Gasteiger partial charge in [0.25, 0.3) is 0 Å². The summed E-state index contributed by atoms with van der Waals surface area (Å²) in [7, 11) is 1.68. The highest BCUT2D eigenvalue weighted by molar-refractivity contribution is 7.99. The third-order valence-corrected chi connectivity index (χ3v) is 4.99. The van der Waals surface area contributed by atoms with Gasteiger partial charge in [-0.2, -0.15) is 11.8 Å². The van der Waals surface area contributed by atoms with Crippen LogP contribution in [-0.2, 0) is 9.53 Å². The first kappa shape index (κ1) is 14.2. The van der Waals surface area contributed by atoms with Gasteiger partial charge in [0.15, 0.2) is 0 Å². The van der Waals surface area contributed by atoms with Crippen LogP contribution in [-0.4, -0.2) is 54.7 Å². The summed E-state index contributed by atoms with van der Waals surface area (Å²) in [5.41, 5.74) is 6.06. The normalized spacial score (nSPS) is 25.1. The zero-order valence-corrected chi connectivity index (χ0v) is 12.0. The van der Waals surface area contributed by atoms with Gasteiger partial charge in [0.05, 0.1) is 6.61 Å². The molecule has 1 saturated heterocycles. The molecular formula is C13H24N2O2S. The van der Waals surface area contributed by atoms with E-state index < -0.39 is 0 Å². The largest absolute Gasteiger partial charge is 0.383 e. The van der Waals surface area contributed by atoms with Crippen molar-refractivity contribution in [1.82, 2.24) is 4.90 Å². The van der Waals surface area contributed by atoms with Crippen LogP contribution in [0.5, 0.6) is 0 Å². The average Bonchev–Trinajstić information content (AvgIpc) is 3.08. The lowest BCUT2D eigenvalue weighted by Gasteiger charge is -2.29. The van der Waals surface area contributed by atoms with E-state index in [0.29, 0.717) is 31.5 Å². The monoisotopic (exact) mass is 272 g/mol. The summed E-state index contributed by atoms with van der Waals surface area (Å²) in [6.07, 6.45) is 4.02. The van der Waals surface area contributed by atoms with Gasteiger partial charge in [-0.3, -0.25) is 4.79 Å². The van der Waals surface area contributed by atoms with Crippen LogP contribution in [0.1, 0.15) is 25.7 Å². The van der Waals surface area contributed by atoms with Crippen molar-refractivity contribution in [2.75, 3.05) is 31.8 Å². The molecule has 0 radical (unpaired) electrons. The van der Waals surface area contributed by atoms with Gasteiger partial charge in [-0.1, -0.05) is 0 Å². The predicted octanol–water partition coefficient (Wildman–Crippen LogP) is 1.09. The van der Waals surface area contributed by atoms with Crippen LogP contribution in [0.25, 0.3) is 0 Å². The van der Waals surface area contributed by atoms with E-state index in [1.54, 1.807) is 7.11 Å². The molecule has 0 bridgehead atoms. The van der Waals surface area contributed by atoms with E-state index in [1.807, 2.05) is 16.7 Å². The lowest BCUT2D eigenvalue weighted by molar-refractivity contribution is -0.134. The van der Waals surface area contributed by atoms with E-state index in [2.05, 4.69) is 0 Å². The number of amides is 1. The Hall–Kier alpha value is -0.260. The Morgan fingerprint density at radius 3 is 2.83 bits per heavy atom. The number of nitrogens with zero attached hydrogens (tertiary/aromatic N) is 1. The Labute approximate surface area is 114 Å². The van der Waals surface area contributed by atoms with E-state index in [1.165, 1.54) is 12.8 Å². The Morgan fingerprint density at radius 1 is 1.50 bits per heavy atom. The van der Waals surface area contributed by atoms with Gasteiger partial charge in [-0.25, -0.2) is 0 Å². The Morgan fingerprint density at radius 2 is 2.28 bits per heavy atom. The van der Waals surface area contributed by atoms with Crippen LogP contribution >= 0.6 is 11.8 Å². The number of ether oxygens (including phenoxy) is 1. The van der Waals surface area contributed by atoms with E-state index in [9.17, 15) is 4.79 Å². The Kier molecular flexibility index (Phi) is 5.33. The number of rotatable bonds is 7. The standard InChI is InChI=1S/C13H24N2O2S/c1-17-6-5-15(11-4-7-18-9-11)13(16)8-12(14)10-2-3-10/h10-12H,2-9,14H2,1H3. The molecule has 1 aliphatic carbocycles. The average molecular weight is 272 g/mol. The van der Waals surface area contributed by atoms with E-state index in [4.69, 9.17) is 10.5 Å². The number of methoxy groups -OCH3 is 1. The van der Waals surface area contributed by atoms with Crippen LogP contribution in [0.2, 0.25) is 0 Å². The second kappa shape index (κ2) is 6.78. The molecule has 1 amide bonds. The number of carbonyl (C=O) groups excluding carboxylic acids is 1. The van der Waals surface area contributed by atoms with Crippen molar-refractivity contribution in [2.45, 2.75) is 37.8 Å². The van der Waals surface area contributed by atoms with Crippen molar-refractivity contribution in [3.05, 3.63) is 0 Å². The molecule has 18 heavy (non-hydrogen) atoms. The highest BCUT2D eigenvalue weighted by Gasteiger charge is 2.33. The molecule has 2 aliphatic rings. The van der Waals surface area contributed by atoms with Gasteiger partial charge in [-0.05, 0) is 30.9 Å². The van der Waals surface area contributed by atoms with Crippen molar-refractivity contribution in [2.24, 2.45) is 11.7 Å². The Bertz CT molecular complexity index is 278. The fraction of sp³-hybridized carbons (Fsp3) is 0.923. The third-order valence-electron chi connectivity index (χ3n) is 3.84. The first-order valence-electron chi connectivity index (χ1n) is 6.84. The molecule has 0 aromatic carbocycles. The van der Waals surface area contributed by atoms with E-state index >= 15 is 0 Å². The van der Waals surface area contributed by atoms with E-state index in [-0.39, 0.29) is 11.9 Å². The fourth-order valence-corrected chi connectivity index (χ4v) is 3.70. The quantitative estimate of drug-likeness (QED) is 0.754. The van der Waals surface area contributed by atoms with Gasteiger partial charge in [-0.15, -0.1) is 0 Å². The molecule has 0 aromatic rings. The molecule has 2 rings (SSSR count). The van der Waals surface area contributed by atoms with Crippen molar-refractivity contribution in [1.29, 1.82) is 0 Å². The van der Waals surface area contributed by atoms with Crippen molar-refractivity contribution in [3.8, 4) is 0 Å². The minimum absolute atomic E-state index is 0.0663. The number of hydrogen-bond donors (Lipinski definition) is 1. The van der Waals surface area contributed by atoms with Gasteiger partial charge in [0, 0.05) is 37.9 Å². The maximum atomic E-state index is 12.4. The molecule has 2 N–H and O–H groups in total. The second-order valence-electron chi connectivity index (χ2n) is 5.30. The van der Waals surface area contributed by atoms with Crippen LogP contribution < -0.4 is 5.73 Å². The lowest BCUT2D eigenvalue weighted by atomic mass is 10.1. The van der Waals surface area contributed by atoms with Crippen LogP contribution in [0.15, 0.2) is 0 Å². The molecule has 104 valence electrons. The maximum Gasteiger partial charge on any atom is 0.224 e. The van der Waals surface area contributed by atoms with Gasteiger partial charge in [0.1, 0.15) is 0 Å². The van der Waals surface area contributed by atoms with Crippen LogP contribution in [0.4, 0.5) is 0 Å². The number of hydrogen-bond acceptors (Lipinski definition) is 4. The molecule has 1 aliphatic heterocycles. The number of nitrogens with two attached hydrogens (primary N) is 1. The summed E-state index contributed by atoms with van der Waals surface area (Å²) >= 11 is 1.93. The maximum absolute atomic E-state index is 12.4. The summed E-state index contributed by atoms with van der Waals surface area (Å²) in [6, 6.07) is 0.459. The molecule has 1 saturated carbocycles. The topological polar surface area (TPSA) is 55.6 Å². The first-order valence-corrected chi connectivity index (χ1v) is 7.99. The molecule has 5 heteroatoms. The SMILES string of the molecule is COCCN(C(=O)CC(N)C1CC1)C1CCSC1. The molecule has 2 atom stereocenters. The predicted molar refractivity (Wildman–Crippen MR) is 74.6 cm³/mol. The number of carbonyl (C=O) groups is 1. The summed E-state index contributed by atoms with van der Waals surface area (Å²) in [5, 5.41) is 0. The molecule has 2 fully saturated rings. The van der Waals surface area contributed by atoms with E-state index in [0.717, 1.165) is 17.9 Å². The third kappa shape index (κ3) is 3.87. The first-order chi connectivity index (χ1) is 8.72. The summed E-state index contributed by atoms with van der Waals surface area (Å²) < 4.78 is 5.11. The molecule has 1 heterocycles. The molecular weight excluding hydrogens is 248 g/mol. The molecule has 0 aromatic heterocycles. The van der Waals surface area contributed by atoms with Crippen molar-refractivity contribution < 1.29 is 9.53 Å². The molecule has 2 unspecified atom stereocenters. The van der Waals surface area contributed by atoms with Crippen LogP contribution in [0.3, 0.4) is 0 Å². The fourth-order valence-electron chi connectivity index (χ4n) is 2.48. The summed E-state index contributed by atoms with van der Waals surface area (Å²) in [6.45, 7) is 1.32. The number of thioether (sulfide) groups is 1. The van der Waals surface area contributed by atoms with Crippen molar-refractivity contribution in [3.63, 3.8) is 0 Å². The van der Waals surface area contributed by atoms with Gasteiger partial charge >= 0.3 is 0 Å². The smallest absolute Gasteiger partial charge is 0.224 e. The minimum atomic E-state index is 0.0663. The molecule has 0 spiro atoms. The summed E-state index contributed by atoms with van der Waals surface area (Å²) in [5.74, 6) is 3.04. The summed E-state index contributed by atoms with van der Waals surface area (Å²) in [4.78, 5) is 14.4. The van der Waals surface area contributed by atoms with Gasteiger partial charge < -0.3 is 15.4 Å². The molecule has 4 nitrogen and oxygen atoms in total. The Balaban J connectivity index is 1.86. The van der Waals surface area contributed by atoms with Crippen LogP contribution in [0, 0.1) is 5.92 Å². The highest BCUT2D eigenvalue weighted by Crippen LogP contribution is 2.33. The minimum Gasteiger partial charge on any atom is -0.383 e. The zero-order valence-electron chi connectivity index (χ0n) is 11.1. The second-order valence-corrected chi connectivity index (χ2v) is 6.45.